The van der Waals surface area contributed by atoms with Crippen LogP contribution in [0.4, 0.5) is 18.9 Å². The van der Waals surface area contributed by atoms with Gasteiger partial charge in [0.1, 0.15) is 11.7 Å². The van der Waals surface area contributed by atoms with Crippen LogP contribution in [0.3, 0.4) is 0 Å². The van der Waals surface area contributed by atoms with E-state index in [1.54, 1.807) is 0 Å². The monoisotopic (exact) mass is 252 g/mol. The molecular formula is C10H12ClF3N2. The van der Waals surface area contributed by atoms with E-state index in [-0.39, 0.29) is 5.15 Å². The predicted octanol–water partition coefficient (Wildman–Crippen LogP) is 3.51. The van der Waals surface area contributed by atoms with Gasteiger partial charge in [0.05, 0.1) is 0 Å². The van der Waals surface area contributed by atoms with Gasteiger partial charge in [0.25, 0.3) is 0 Å². The highest BCUT2D eigenvalue weighted by molar-refractivity contribution is 6.29. The first kappa shape index (κ1) is 13.1. The quantitative estimate of drug-likeness (QED) is 0.763. The highest BCUT2D eigenvalue weighted by Gasteiger charge is 2.30. The zero-order valence-corrected chi connectivity index (χ0v) is 9.52. The van der Waals surface area contributed by atoms with Gasteiger partial charge in [-0.2, -0.15) is 13.2 Å². The van der Waals surface area contributed by atoms with E-state index < -0.39 is 12.7 Å². The molecule has 6 heteroatoms. The minimum atomic E-state index is -4.22. The normalized spacial score (nSPS) is 11.6. The van der Waals surface area contributed by atoms with E-state index in [0.29, 0.717) is 18.7 Å². The first-order chi connectivity index (χ1) is 7.42. The molecule has 0 saturated carbocycles. The molecule has 0 unspecified atom stereocenters. The van der Waals surface area contributed by atoms with Crippen LogP contribution in [-0.4, -0.2) is 24.2 Å². The third kappa shape index (κ3) is 4.26. The zero-order chi connectivity index (χ0) is 12.2. The standard InChI is InChI=1S/C10H12ClF3N2/c1-2-5-16(7-10(12,13)14)8-3-4-15-9(11)6-8/h3-4,6H,2,5,7H2,1H3. The molecule has 1 aromatic heterocycles. The summed E-state index contributed by atoms with van der Waals surface area (Å²) in [6, 6.07) is 2.95. The van der Waals surface area contributed by atoms with Crippen LogP contribution in [0.15, 0.2) is 18.3 Å². The number of aromatic nitrogens is 1. The van der Waals surface area contributed by atoms with Crippen molar-refractivity contribution < 1.29 is 13.2 Å². The summed E-state index contributed by atoms with van der Waals surface area (Å²) < 4.78 is 37.0. The van der Waals surface area contributed by atoms with Gasteiger partial charge in [-0.1, -0.05) is 18.5 Å². The van der Waals surface area contributed by atoms with Crippen molar-refractivity contribution in [1.82, 2.24) is 4.98 Å². The molecule has 0 bridgehead atoms. The summed E-state index contributed by atoms with van der Waals surface area (Å²) in [4.78, 5) is 4.98. The summed E-state index contributed by atoms with van der Waals surface area (Å²) in [6.07, 6.45) is -2.18. The predicted molar refractivity (Wildman–Crippen MR) is 57.8 cm³/mol. The summed E-state index contributed by atoms with van der Waals surface area (Å²) in [5, 5.41) is 0.195. The Labute approximate surface area is 97.0 Å². The summed E-state index contributed by atoms with van der Waals surface area (Å²) in [7, 11) is 0. The topological polar surface area (TPSA) is 16.1 Å². The molecule has 2 nitrogen and oxygen atoms in total. The molecule has 0 atom stereocenters. The van der Waals surface area contributed by atoms with Crippen LogP contribution in [0.1, 0.15) is 13.3 Å². The average molecular weight is 253 g/mol. The molecule has 0 aliphatic heterocycles. The Morgan fingerprint density at radius 2 is 2.12 bits per heavy atom. The number of nitrogens with zero attached hydrogens (tertiary/aromatic N) is 2. The van der Waals surface area contributed by atoms with Crippen LogP contribution >= 0.6 is 11.6 Å². The number of halogens is 4. The lowest BCUT2D eigenvalue weighted by Crippen LogP contribution is -2.34. The molecule has 0 aliphatic carbocycles. The highest BCUT2D eigenvalue weighted by atomic mass is 35.5. The van der Waals surface area contributed by atoms with Crippen molar-refractivity contribution in [2.75, 3.05) is 18.0 Å². The molecule has 0 saturated heterocycles. The Kier molecular flexibility index (Phi) is 4.41. The number of rotatable bonds is 4. The molecule has 16 heavy (non-hydrogen) atoms. The molecule has 1 aromatic rings. The Hall–Kier alpha value is -0.970. The lowest BCUT2D eigenvalue weighted by atomic mass is 10.3. The van der Waals surface area contributed by atoms with Crippen molar-refractivity contribution in [3.63, 3.8) is 0 Å². The molecule has 0 spiro atoms. The van der Waals surface area contributed by atoms with E-state index in [1.807, 2.05) is 6.92 Å². The molecule has 0 fully saturated rings. The Bertz CT molecular complexity index is 341. The average Bonchev–Trinajstić information content (AvgIpc) is 2.15. The fourth-order valence-corrected chi connectivity index (χ4v) is 1.54. The molecule has 0 amide bonds. The van der Waals surface area contributed by atoms with E-state index in [2.05, 4.69) is 4.98 Å². The van der Waals surface area contributed by atoms with Crippen LogP contribution in [0, 0.1) is 0 Å². The SMILES string of the molecule is CCCN(CC(F)(F)F)c1ccnc(Cl)c1. The largest absolute Gasteiger partial charge is 0.405 e. The van der Waals surface area contributed by atoms with Crippen molar-refractivity contribution in [3.8, 4) is 0 Å². The van der Waals surface area contributed by atoms with Crippen molar-refractivity contribution in [2.24, 2.45) is 0 Å². The van der Waals surface area contributed by atoms with Crippen LogP contribution in [0.25, 0.3) is 0 Å². The van der Waals surface area contributed by atoms with Gasteiger partial charge in [-0.05, 0) is 18.6 Å². The molecule has 0 radical (unpaired) electrons. The van der Waals surface area contributed by atoms with Crippen molar-refractivity contribution >= 4 is 17.3 Å². The number of alkyl halides is 3. The maximum absolute atomic E-state index is 12.3. The third-order valence-corrected chi connectivity index (χ3v) is 2.15. The molecule has 0 aliphatic rings. The van der Waals surface area contributed by atoms with Gasteiger partial charge in [0.2, 0.25) is 0 Å². The lowest BCUT2D eigenvalue weighted by molar-refractivity contribution is -0.119. The van der Waals surface area contributed by atoms with Crippen molar-refractivity contribution in [2.45, 2.75) is 19.5 Å². The second-order valence-electron chi connectivity index (χ2n) is 3.37. The third-order valence-electron chi connectivity index (χ3n) is 1.94. The smallest absolute Gasteiger partial charge is 0.362 e. The minimum absolute atomic E-state index is 0.195. The summed E-state index contributed by atoms with van der Waals surface area (Å²) in [5.74, 6) is 0. The summed E-state index contributed by atoms with van der Waals surface area (Å²) in [6.45, 7) is 1.19. The van der Waals surface area contributed by atoms with Crippen molar-refractivity contribution in [1.29, 1.82) is 0 Å². The summed E-state index contributed by atoms with van der Waals surface area (Å²) in [5.41, 5.74) is 0.444. The number of anilines is 1. The zero-order valence-electron chi connectivity index (χ0n) is 8.76. The van der Waals surface area contributed by atoms with Gasteiger partial charge in [-0.25, -0.2) is 4.98 Å². The van der Waals surface area contributed by atoms with E-state index in [9.17, 15) is 13.2 Å². The van der Waals surface area contributed by atoms with Crippen LogP contribution < -0.4 is 4.90 Å². The molecule has 1 heterocycles. The van der Waals surface area contributed by atoms with Crippen LogP contribution in [0.2, 0.25) is 5.15 Å². The maximum atomic E-state index is 12.3. The Balaban J connectivity index is 2.85. The first-order valence-corrected chi connectivity index (χ1v) is 5.23. The number of pyridine rings is 1. The fraction of sp³-hybridized carbons (Fsp3) is 0.500. The Morgan fingerprint density at radius 3 is 2.62 bits per heavy atom. The summed E-state index contributed by atoms with van der Waals surface area (Å²) >= 11 is 5.64. The van der Waals surface area contributed by atoms with Crippen molar-refractivity contribution in [3.05, 3.63) is 23.5 Å². The lowest BCUT2D eigenvalue weighted by Gasteiger charge is -2.25. The molecule has 0 N–H and O–H groups in total. The van der Waals surface area contributed by atoms with Gasteiger partial charge in [-0.15, -0.1) is 0 Å². The maximum Gasteiger partial charge on any atom is 0.405 e. The molecule has 90 valence electrons. The minimum Gasteiger partial charge on any atom is -0.362 e. The molecule has 0 aromatic carbocycles. The molecular weight excluding hydrogens is 241 g/mol. The number of hydrogen-bond donors (Lipinski definition) is 0. The van der Waals surface area contributed by atoms with E-state index in [0.717, 1.165) is 0 Å². The Morgan fingerprint density at radius 1 is 1.44 bits per heavy atom. The van der Waals surface area contributed by atoms with E-state index >= 15 is 0 Å². The van der Waals surface area contributed by atoms with Crippen LogP contribution in [0.5, 0.6) is 0 Å². The second-order valence-corrected chi connectivity index (χ2v) is 3.76. The van der Waals surface area contributed by atoms with Gasteiger partial charge >= 0.3 is 6.18 Å². The molecule has 1 rings (SSSR count). The van der Waals surface area contributed by atoms with Gasteiger partial charge in [-0.3, -0.25) is 0 Å². The highest BCUT2D eigenvalue weighted by Crippen LogP contribution is 2.23. The van der Waals surface area contributed by atoms with Crippen LogP contribution in [-0.2, 0) is 0 Å². The second kappa shape index (κ2) is 5.39. The fourth-order valence-electron chi connectivity index (χ4n) is 1.37. The van der Waals surface area contributed by atoms with E-state index in [1.165, 1.54) is 23.2 Å². The van der Waals surface area contributed by atoms with E-state index in [4.69, 9.17) is 11.6 Å². The van der Waals surface area contributed by atoms with Gasteiger partial charge < -0.3 is 4.90 Å². The number of hydrogen-bond acceptors (Lipinski definition) is 2. The first-order valence-electron chi connectivity index (χ1n) is 4.85. The van der Waals surface area contributed by atoms with Gasteiger partial charge in [0, 0.05) is 18.4 Å². The van der Waals surface area contributed by atoms with Gasteiger partial charge in [0.15, 0.2) is 0 Å².